The first-order chi connectivity index (χ1) is 4.62. The van der Waals surface area contributed by atoms with Gasteiger partial charge in [-0.1, -0.05) is 6.92 Å². The van der Waals surface area contributed by atoms with Crippen LogP contribution in [0.25, 0.3) is 0 Å². The molecule has 0 aliphatic heterocycles. The molecule has 2 fully saturated rings. The van der Waals surface area contributed by atoms with Gasteiger partial charge in [-0.05, 0) is 37.0 Å². The van der Waals surface area contributed by atoms with Gasteiger partial charge >= 0.3 is 0 Å². The molecule has 2 saturated carbocycles. The van der Waals surface area contributed by atoms with Crippen molar-refractivity contribution in [3.8, 4) is 0 Å². The maximum atomic E-state index is 6.02. The number of fused-ring (bicyclic) bond motifs is 1. The number of halogens is 2. The molecule has 0 aromatic heterocycles. The summed E-state index contributed by atoms with van der Waals surface area (Å²) in [7, 11) is 0. The van der Waals surface area contributed by atoms with Crippen LogP contribution in [0, 0.1) is 24.2 Å². The largest absolute Gasteiger partial charge is 0.124 e. The van der Waals surface area contributed by atoms with E-state index in [1.807, 2.05) is 0 Å². The second kappa shape index (κ2) is 2.04. The van der Waals surface area contributed by atoms with Gasteiger partial charge in [0.15, 0.2) is 0 Å². The molecule has 0 bridgehead atoms. The van der Waals surface area contributed by atoms with Crippen molar-refractivity contribution in [2.24, 2.45) is 17.8 Å². The minimum Gasteiger partial charge on any atom is -0.101 e. The Labute approximate surface area is 71.9 Å². The summed E-state index contributed by atoms with van der Waals surface area (Å²) in [5.41, 5.74) is 0. The smallest absolute Gasteiger partial charge is 0.101 e. The fourth-order valence-electron chi connectivity index (χ4n) is 1.98. The van der Waals surface area contributed by atoms with E-state index >= 15 is 0 Å². The number of hydrogen-bond acceptors (Lipinski definition) is 0. The van der Waals surface area contributed by atoms with Crippen molar-refractivity contribution in [3.63, 3.8) is 0 Å². The molecule has 0 amide bonds. The minimum absolute atomic E-state index is 0.360. The van der Waals surface area contributed by atoms with Crippen molar-refractivity contribution in [2.75, 3.05) is 0 Å². The molecule has 57 valence electrons. The zero-order chi connectivity index (χ0) is 7.35. The average Bonchev–Trinajstić information content (AvgIpc) is 2.36. The molecule has 0 nitrogen and oxygen atoms in total. The van der Waals surface area contributed by atoms with E-state index in [0.29, 0.717) is 11.8 Å². The monoisotopic (exact) mass is 177 g/mol. The second-order valence-corrected chi connectivity index (χ2v) is 5.02. The Morgan fingerprint density at radius 1 is 1.40 bits per heavy atom. The van der Waals surface area contributed by atoms with Crippen molar-refractivity contribution in [1.82, 2.24) is 0 Å². The maximum absolute atomic E-state index is 6.02. The molecule has 2 rings (SSSR count). The van der Waals surface area contributed by atoms with Gasteiger partial charge in [-0.3, -0.25) is 0 Å². The van der Waals surface area contributed by atoms with Crippen molar-refractivity contribution < 1.29 is 0 Å². The van der Waals surface area contributed by atoms with Gasteiger partial charge in [0, 0.05) is 0 Å². The van der Waals surface area contributed by atoms with Crippen molar-refractivity contribution in [3.05, 3.63) is 6.42 Å². The Kier molecular flexibility index (Phi) is 1.48. The first kappa shape index (κ1) is 7.24. The van der Waals surface area contributed by atoms with E-state index in [1.54, 1.807) is 0 Å². The molecule has 0 saturated heterocycles. The van der Waals surface area contributed by atoms with Crippen LogP contribution in [-0.4, -0.2) is 4.33 Å². The Bertz CT molecular complexity index is 153. The standard InChI is InChI=1S/C8H11Cl2/c1-5-2-3-6-7(4-5)8(6,9)10/h2,5-7H,3-4H2,1H3. The minimum atomic E-state index is -0.360. The van der Waals surface area contributed by atoms with Crippen LogP contribution in [0.4, 0.5) is 0 Å². The van der Waals surface area contributed by atoms with E-state index in [2.05, 4.69) is 13.3 Å². The molecule has 2 aliphatic carbocycles. The lowest BCUT2D eigenvalue weighted by Crippen LogP contribution is -2.04. The fraction of sp³-hybridized carbons (Fsp3) is 0.875. The lowest BCUT2D eigenvalue weighted by Gasteiger charge is -2.13. The Morgan fingerprint density at radius 3 is 2.60 bits per heavy atom. The zero-order valence-corrected chi connectivity index (χ0v) is 7.49. The van der Waals surface area contributed by atoms with Crippen LogP contribution in [0.15, 0.2) is 0 Å². The number of alkyl halides is 2. The number of hydrogen-bond donors (Lipinski definition) is 0. The molecular weight excluding hydrogens is 167 g/mol. The third kappa shape index (κ3) is 0.887. The molecular formula is C8H11Cl2. The van der Waals surface area contributed by atoms with Gasteiger partial charge in [0.25, 0.3) is 0 Å². The molecule has 2 heteroatoms. The van der Waals surface area contributed by atoms with Crippen LogP contribution in [0.5, 0.6) is 0 Å². The van der Waals surface area contributed by atoms with Gasteiger partial charge in [0.1, 0.15) is 4.33 Å². The van der Waals surface area contributed by atoms with Crippen LogP contribution >= 0.6 is 23.2 Å². The summed E-state index contributed by atoms with van der Waals surface area (Å²) in [5.74, 6) is 1.89. The molecule has 3 unspecified atom stereocenters. The molecule has 3 atom stereocenters. The van der Waals surface area contributed by atoms with Gasteiger partial charge < -0.3 is 0 Å². The van der Waals surface area contributed by atoms with Crippen LogP contribution < -0.4 is 0 Å². The highest BCUT2D eigenvalue weighted by Gasteiger charge is 2.63. The molecule has 0 spiro atoms. The third-order valence-electron chi connectivity index (χ3n) is 2.78. The zero-order valence-electron chi connectivity index (χ0n) is 5.98. The van der Waals surface area contributed by atoms with Crippen LogP contribution in [0.3, 0.4) is 0 Å². The quantitative estimate of drug-likeness (QED) is 0.500. The topological polar surface area (TPSA) is 0 Å². The molecule has 0 N–H and O–H groups in total. The second-order valence-electron chi connectivity index (χ2n) is 3.57. The molecule has 1 radical (unpaired) electrons. The van der Waals surface area contributed by atoms with E-state index in [9.17, 15) is 0 Å². The van der Waals surface area contributed by atoms with E-state index in [4.69, 9.17) is 23.2 Å². The van der Waals surface area contributed by atoms with E-state index in [0.717, 1.165) is 12.3 Å². The molecule has 0 aromatic rings. The van der Waals surface area contributed by atoms with E-state index in [-0.39, 0.29) is 4.33 Å². The summed E-state index contributed by atoms with van der Waals surface area (Å²) in [5, 5.41) is 0. The lowest BCUT2D eigenvalue weighted by molar-refractivity contribution is 0.454. The summed E-state index contributed by atoms with van der Waals surface area (Å²) in [6.45, 7) is 2.23. The predicted octanol–water partition coefficient (Wildman–Crippen LogP) is 3.04. The first-order valence-corrected chi connectivity index (χ1v) is 4.59. The highest BCUT2D eigenvalue weighted by atomic mass is 35.5. The summed E-state index contributed by atoms with van der Waals surface area (Å²) >= 11 is 12.0. The van der Waals surface area contributed by atoms with E-state index in [1.165, 1.54) is 6.42 Å². The summed E-state index contributed by atoms with van der Waals surface area (Å²) in [4.78, 5) is 0. The van der Waals surface area contributed by atoms with E-state index < -0.39 is 0 Å². The average molecular weight is 178 g/mol. The molecule has 10 heavy (non-hydrogen) atoms. The van der Waals surface area contributed by atoms with Crippen molar-refractivity contribution in [2.45, 2.75) is 24.1 Å². The maximum Gasteiger partial charge on any atom is 0.124 e. The van der Waals surface area contributed by atoms with Crippen LogP contribution in [-0.2, 0) is 0 Å². The van der Waals surface area contributed by atoms with Gasteiger partial charge in [0.2, 0.25) is 0 Å². The Hall–Kier alpha value is 0.580. The van der Waals surface area contributed by atoms with Crippen LogP contribution in [0.1, 0.15) is 19.8 Å². The number of rotatable bonds is 0. The van der Waals surface area contributed by atoms with Gasteiger partial charge in [-0.2, -0.15) is 0 Å². The predicted molar refractivity (Wildman–Crippen MR) is 44.1 cm³/mol. The van der Waals surface area contributed by atoms with Gasteiger partial charge in [-0.15, -0.1) is 23.2 Å². The molecule has 0 aromatic carbocycles. The normalized spacial score (nSPS) is 50.1. The summed E-state index contributed by atoms with van der Waals surface area (Å²) in [6, 6.07) is 0. The molecule has 0 heterocycles. The molecule has 2 aliphatic rings. The SMILES string of the molecule is CC1[CH]CC2C(C1)C2(Cl)Cl. The van der Waals surface area contributed by atoms with Crippen LogP contribution in [0.2, 0.25) is 0 Å². The summed E-state index contributed by atoms with van der Waals surface area (Å²) in [6.07, 6.45) is 4.66. The highest BCUT2D eigenvalue weighted by Crippen LogP contribution is 2.65. The highest BCUT2D eigenvalue weighted by molar-refractivity contribution is 6.51. The fourth-order valence-corrected chi connectivity index (χ4v) is 2.82. The third-order valence-corrected chi connectivity index (χ3v) is 3.90. The van der Waals surface area contributed by atoms with Gasteiger partial charge in [0.05, 0.1) is 0 Å². The van der Waals surface area contributed by atoms with Gasteiger partial charge in [-0.25, -0.2) is 0 Å². The first-order valence-electron chi connectivity index (χ1n) is 3.83. The summed E-state index contributed by atoms with van der Waals surface area (Å²) < 4.78 is -0.360. The van der Waals surface area contributed by atoms with Crippen molar-refractivity contribution >= 4 is 23.2 Å². The lowest BCUT2D eigenvalue weighted by atomic mass is 9.91. The Balaban J connectivity index is 2.04. The van der Waals surface area contributed by atoms with Crippen molar-refractivity contribution in [1.29, 1.82) is 0 Å². The Morgan fingerprint density at radius 2 is 2.10 bits per heavy atom.